The average molecular weight is 1030 g/mol. The normalized spacial score (nSPS) is 26.1. The van der Waals surface area contributed by atoms with E-state index in [9.17, 15) is 54.6 Å². The van der Waals surface area contributed by atoms with E-state index in [2.05, 4.69) is 20.2 Å². The lowest BCUT2D eigenvalue weighted by atomic mass is 9.92. The van der Waals surface area contributed by atoms with E-state index in [1.807, 2.05) is 26.0 Å². The van der Waals surface area contributed by atoms with Crippen LogP contribution in [0.1, 0.15) is 51.4 Å². The zero-order valence-electron chi connectivity index (χ0n) is 38.5. The highest BCUT2D eigenvalue weighted by atomic mass is 31.2. The molecule has 5 aromatic rings. The summed E-state index contributed by atoms with van der Waals surface area (Å²) >= 11 is 0. The predicted molar refractivity (Wildman–Crippen MR) is 246 cm³/mol. The van der Waals surface area contributed by atoms with Gasteiger partial charge >= 0.3 is 27.1 Å². The third-order valence-corrected chi connectivity index (χ3v) is 15.4. The third-order valence-electron chi connectivity index (χ3n) is 12.0. The molecule has 0 aliphatic carbocycles. The van der Waals surface area contributed by atoms with Gasteiger partial charge in [-0.05, 0) is 42.3 Å². The van der Waals surface area contributed by atoms with Crippen LogP contribution in [0.3, 0.4) is 0 Å². The van der Waals surface area contributed by atoms with Gasteiger partial charge in [-0.15, -0.1) is 0 Å². The summed E-state index contributed by atoms with van der Waals surface area (Å²) in [6, 6.07) is 18.0. The second kappa shape index (κ2) is 22.5. The lowest BCUT2D eigenvalue weighted by molar-refractivity contribution is -0.144. The number of carboxylic acids is 1. The molecule has 10 N–H and O–H groups in total. The smallest absolute Gasteiger partial charge is 0.379 e. The highest BCUT2D eigenvalue weighted by Gasteiger charge is 2.59. The molecule has 71 heavy (non-hydrogen) atoms. The Morgan fingerprint density at radius 2 is 1.31 bits per heavy atom. The van der Waals surface area contributed by atoms with Gasteiger partial charge in [-0.2, -0.15) is 20.7 Å². The van der Waals surface area contributed by atoms with Crippen molar-refractivity contribution in [1.29, 1.82) is 10.5 Å². The van der Waals surface area contributed by atoms with Crippen molar-refractivity contribution in [2.75, 3.05) is 43.6 Å². The number of benzene rings is 1. The second-order valence-corrected chi connectivity index (χ2v) is 20.7. The van der Waals surface area contributed by atoms with Crippen LogP contribution in [-0.2, 0) is 53.2 Å². The van der Waals surface area contributed by atoms with Crippen LogP contribution < -0.4 is 16.0 Å². The number of ether oxygens (including phenoxy) is 3. The van der Waals surface area contributed by atoms with E-state index < -0.39 is 100 Å². The van der Waals surface area contributed by atoms with Gasteiger partial charge in [0.15, 0.2) is 11.6 Å². The molecular weight excluding hydrogens is 974 g/mol. The number of nitrogens with zero attached hydrogens (tertiary/aromatic N) is 8. The Balaban J connectivity index is 0.000000244. The number of fused-ring (bicyclic) bond motifs is 2. The van der Waals surface area contributed by atoms with E-state index >= 15 is 0 Å². The monoisotopic (exact) mass is 1030 g/mol. The number of nitrogens with two attached hydrogens (primary N) is 2. The van der Waals surface area contributed by atoms with Crippen LogP contribution in [0.15, 0.2) is 67.3 Å². The van der Waals surface area contributed by atoms with Crippen molar-refractivity contribution in [2.45, 2.75) is 87.9 Å². The predicted octanol–water partition coefficient (Wildman–Crippen LogP) is 1.88. The molecule has 0 amide bonds. The van der Waals surface area contributed by atoms with Crippen LogP contribution in [0.2, 0.25) is 0 Å². The van der Waals surface area contributed by atoms with Gasteiger partial charge in [-0.25, -0.2) is 23.6 Å². The molecule has 2 aliphatic heterocycles. The van der Waals surface area contributed by atoms with Crippen molar-refractivity contribution >= 4 is 49.8 Å². The maximum Gasteiger partial charge on any atom is 0.379 e. The highest BCUT2D eigenvalue weighted by molar-refractivity contribution is 7.54. The minimum absolute atomic E-state index is 0.0647. The van der Waals surface area contributed by atoms with E-state index in [1.54, 1.807) is 36.4 Å². The first-order chi connectivity index (χ1) is 33.7. The summed E-state index contributed by atoms with van der Waals surface area (Å²) in [5.74, 6) is -2.22. The van der Waals surface area contributed by atoms with Crippen molar-refractivity contribution in [3.05, 3.63) is 78.6 Å². The third kappa shape index (κ3) is 11.7. The van der Waals surface area contributed by atoms with E-state index in [1.165, 1.54) is 40.5 Å². The molecule has 0 radical (unpaired) electrons. The van der Waals surface area contributed by atoms with Crippen LogP contribution in [0.25, 0.3) is 11.0 Å². The zero-order valence-corrected chi connectivity index (χ0v) is 40.3. The largest absolute Gasteiger partial charge is 0.481 e. The van der Waals surface area contributed by atoms with Gasteiger partial charge in [0, 0.05) is 0 Å². The molecule has 382 valence electrons. The molecule has 2 aliphatic rings. The van der Waals surface area contributed by atoms with Gasteiger partial charge < -0.3 is 65.2 Å². The molecule has 4 aromatic heterocycles. The number of para-hydroxylation sites is 1. The molecular formula is C43H54N10O16P2. The van der Waals surface area contributed by atoms with Gasteiger partial charge in [-0.3, -0.25) is 18.7 Å². The SMILES string of the molecule is CC(CP(=O)(O)OC[C@H]1O[C@@](C#N)(c2ccc3c(N)ncnn23)[C@H](O)[C@@H]1O)C(=O)O.CCC(CC)COC(=O)CC[P@](=O)(OC[C@H]1O[C@@](C#N)(c2ccc3c(N)ncnn23)[C@H](O)[C@@H]1O)Oc1ccccc1. The Labute approximate surface area is 405 Å². The Kier molecular flexibility index (Phi) is 17.2. The number of anilines is 2. The lowest BCUT2D eigenvalue weighted by Gasteiger charge is -2.24. The van der Waals surface area contributed by atoms with E-state index in [4.69, 9.17) is 44.4 Å². The molecule has 26 nitrogen and oxygen atoms in total. The summed E-state index contributed by atoms with van der Waals surface area (Å²) in [5.41, 5.74) is 8.43. The number of carbonyl (C=O) groups is 2. The Morgan fingerprint density at radius 1 is 0.817 bits per heavy atom. The molecule has 6 heterocycles. The minimum Gasteiger partial charge on any atom is -0.481 e. The number of aliphatic hydroxyl groups excluding tert-OH is 4. The number of carbonyl (C=O) groups excluding carboxylic acids is 1. The number of aliphatic hydroxyl groups is 4. The number of esters is 1. The maximum absolute atomic E-state index is 13.8. The first-order valence-corrected chi connectivity index (χ1v) is 25.6. The standard InChI is InChI=1S/C27H34N5O8P.C16H20N5O8P/c1-3-18(4-2)14-37-23(33)12-13-41(36,40-19-8-6-5-7-9-19)38-15-21-24(34)25(35)27(16-28,39-21)22-11-10-20-26(29)30-17-31-32(20)22;1-8(15(24)25)5-30(26,27)28-4-10-12(22)13(23)16(6-17,29-10)11-3-2-9-14(18)19-7-20-21(9)11/h5-11,17-18,21,24-25,34-35H,3-4,12-15H2,1-2H3,(H2,29,30,31);2-3,7-8,10,12-13,22-23H,4-5H2,1H3,(H,24,25)(H,26,27)(H2,18,19,20)/t21-,24-,25-,27+,41+;8?,10-,12-,13-,16+/m11/s1. The minimum atomic E-state index is -4.34. The summed E-state index contributed by atoms with van der Waals surface area (Å²) in [5, 5.41) is 79.6. The van der Waals surface area contributed by atoms with E-state index in [0.29, 0.717) is 11.0 Å². The Bertz CT molecular complexity index is 2860. The maximum atomic E-state index is 13.8. The second-order valence-electron chi connectivity index (χ2n) is 16.7. The number of carboxylic acid groups (broad SMARTS) is 1. The quantitative estimate of drug-likeness (QED) is 0.0407. The first kappa shape index (κ1) is 54.2. The van der Waals surface area contributed by atoms with Crippen molar-refractivity contribution in [3.63, 3.8) is 0 Å². The van der Waals surface area contributed by atoms with Gasteiger partial charge in [0.2, 0.25) is 11.2 Å². The van der Waals surface area contributed by atoms with E-state index in [0.717, 1.165) is 19.2 Å². The van der Waals surface area contributed by atoms with Crippen molar-refractivity contribution in [3.8, 4) is 17.9 Å². The number of aromatic nitrogens is 6. The van der Waals surface area contributed by atoms with Gasteiger partial charge in [0.25, 0.3) is 0 Å². The molecule has 0 spiro atoms. The number of nitrogen functional groups attached to an aromatic ring is 2. The molecule has 2 unspecified atom stereocenters. The topological polar surface area (TPSA) is 405 Å². The van der Waals surface area contributed by atoms with Crippen LogP contribution in [0, 0.1) is 34.5 Å². The molecule has 2 saturated heterocycles. The number of hydrogen-bond acceptors (Lipinski definition) is 22. The van der Waals surface area contributed by atoms with Gasteiger partial charge in [0.05, 0.1) is 55.9 Å². The van der Waals surface area contributed by atoms with Crippen LogP contribution in [0.4, 0.5) is 11.6 Å². The molecule has 2 fully saturated rings. The van der Waals surface area contributed by atoms with Crippen molar-refractivity contribution in [1.82, 2.24) is 29.2 Å². The summed E-state index contributed by atoms with van der Waals surface area (Å²) in [6.45, 7) is 4.34. The number of rotatable bonds is 20. The number of aliphatic carboxylic acids is 1. The molecule has 0 bridgehead atoms. The molecule has 1 aromatic carbocycles. The Morgan fingerprint density at radius 3 is 1.77 bits per heavy atom. The molecule has 7 rings (SSSR count). The van der Waals surface area contributed by atoms with Crippen LogP contribution in [-0.4, -0.2) is 140 Å². The summed E-state index contributed by atoms with van der Waals surface area (Å²) in [6.07, 6.45) is -6.51. The zero-order chi connectivity index (χ0) is 51.9. The fraction of sp³-hybridized carbons (Fsp3) is 0.488. The highest BCUT2D eigenvalue weighted by Crippen LogP contribution is 2.51. The van der Waals surface area contributed by atoms with Gasteiger partial charge in [0.1, 0.15) is 78.2 Å². The van der Waals surface area contributed by atoms with Crippen LogP contribution in [0.5, 0.6) is 5.75 Å². The fourth-order valence-corrected chi connectivity index (χ4v) is 10.6. The molecule has 0 saturated carbocycles. The molecule has 11 atom stereocenters. The average Bonchev–Trinajstić information content (AvgIpc) is 4.11. The van der Waals surface area contributed by atoms with E-state index in [-0.39, 0.29) is 53.9 Å². The van der Waals surface area contributed by atoms with Crippen molar-refractivity contribution < 1.29 is 76.9 Å². The molecule has 28 heteroatoms. The number of hydrogen-bond donors (Lipinski definition) is 8. The summed E-state index contributed by atoms with van der Waals surface area (Å²) < 4.78 is 61.6. The fourth-order valence-electron chi connectivity index (χ4n) is 7.77. The first-order valence-electron chi connectivity index (χ1n) is 22.1. The Hall–Kier alpha value is -6.12. The van der Waals surface area contributed by atoms with Crippen LogP contribution >= 0.6 is 15.2 Å². The number of nitriles is 2. The van der Waals surface area contributed by atoms with Gasteiger partial charge in [-0.1, -0.05) is 51.8 Å². The lowest BCUT2D eigenvalue weighted by Crippen LogP contribution is -2.41. The summed E-state index contributed by atoms with van der Waals surface area (Å²) in [7, 11) is -8.35. The van der Waals surface area contributed by atoms with Crippen molar-refractivity contribution in [2.24, 2.45) is 11.8 Å². The summed E-state index contributed by atoms with van der Waals surface area (Å²) in [4.78, 5) is 40.9.